The third-order valence-electron chi connectivity index (χ3n) is 5.06. The van der Waals surface area contributed by atoms with Gasteiger partial charge in [-0.15, -0.1) is 11.3 Å². The van der Waals surface area contributed by atoms with Crippen LogP contribution in [0.5, 0.6) is 6.08 Å². The average molecular weight is 414 g/mol. The monoisotopic (exact) mass is 413 g/mol. The second-order valence-corrected chi connectivity index (χ2v) is 8.62. The number of hydrogen-bond donors (Lipinski definition) is 0. The highest BCUT2D eigenvalue weighted by molar-refractivity contribution is 7.18. The lowest BCUT2D eigenvalue weighted by molar-refractivity contribution is 0.211. The van der Waals surface area contributed by atoms with Gasteiger partial charge in [0.05, 0.1) is 12.0 Å². The maximum atomic E-state index is 12.3. The van der Waals surface area contributed by atoms with Crippen LogP contribution in [-0.2, 0) is 12.8 Å². The summed E-state index contributed by atoms with van der Waals surface area (Å²) in [4.78, 5) is 18.6. The second kappa shape index (κ2) is 11.8. The first kappa shape index (κ1) is 21.6. The Labute approximate surface area is 176 Å². The predicted molar refractivity (Wildman–Crippen MR) is 120 cm³/mol. The molecule has 0 amide bonds. The Hall–Kier alpha value is -2.14. The van der Waals surface area contributed by atoms with Crippen molar-refractivity contribution in [1.29, 1.82) is 0 Å². The first-order valence-corrected chi connectivity index (χ1v) is 11.7. The van der Waals surface area contributed by atoms with Gasteiger partial charge in [0.2, 0.25) is 0 Å². The van der Waals surface area contributed by atoms with Crippen molar-refractivity contribution in [3.8, 4) is 6.08 Å². The van der Waals surface area contributed by atoms with E-state index in [2.05, 4.69) is 36.2 Å². The molecule has 0 bridgehead atoms. The van der Waals surface area contributed by atoms with Crippen molar-refractivity contribution in [1.82, 2.24) is 4.98 Å². The van der Waals surface area contributed by atoms with Crippen LogP contribution in [0.2, 0.25) is 0 Å². The van der Waals surface area contributed by atoms with E-state index in [0.717, 1.165) is 43.4 Å². The van der Waals surface area contributed by atoms with E-state index >= 15 is 0 Å². The molecular weight excluding hydrogens is 382 g/mol. The minimum Gasteiger partial charge on any atom is -0.450 e. The molecule has 0 saturated heterocycles. The molecule has 0 unspecified atom stereocenters. The van der Waals surface area contributed by atoms with Crippen LogP contribution >= 0.6 is 11.3 Å². The Morgan fingerprint density at radius 1 is 0.966 bits per heavy atom. The number of hydrogen-bond acceptors (Lipinski definition) is 5. The minimum absolute atomic E-state index is 0.105. The van der Waals surface area contributed by atoms with E-state index in [-0.39, 0.29) is 11.7 Å². The van der Waals surface area contributed by atoms with Crippen LogP contribution in [0, 0.1) is 0 Å². The molecule has 2 heterocycles. The maximum absolute atomic E-state index is 12.3. The molecule has 3 aromatic rings. The first-order chi connectivity index (χ1) is 14.3. The number of rotatable bonds is 13. The fraction of sp³-hybridized carbons (Fsp3) is 0.500. The summed E-state index contributed by atoms with van der Waals surface area (Å²) in [6, 6.07) is 12.5. The molecule has 0 aliphatic heterocycles. The van der Waals surface area contributed by atoms with Crippen LogP contribution in [0.1, 0.15) is 68.7 Å². The van der Waals surface area contributed by atoms with Gasteiger partial charge in [0.15, 0.2) is 0 Å². The number of unbranched alkanes of at least 4 members (excludes halogenated alkanes) is 6. The molecule has 4 nitrogen and oxygen atoms in total. The third kappa shape index (κ3) is 7.00. The summed E-state index contributed by atoms with van der Waals surface area (Å²) in [6.45, 7) is 2.76. The molecule has 3 rings (SSSR count). The fourth-order valence-corrected chi connectivity index (χ4v) is 4.44. The van der Waals surface area contributed by atoms with E-state index in [4.69, 9.17) is 9.15 Å². The molecule has 0 N–H and O–H groups in total. The van der Waals surface area contributed by atoms with Crippen molar-refractivity contribution in [2.75, 3.05) is 6.61 Å². The summed E-state index contributed by atoms with van der Waals surface area (Å²) in [6.07, 6.45) is 11.5. The number of ether oxygens (including phenoxy) is 1. The molecule has 2 aromatic heterocycles. The Morgan fingerprint density at radius 2 is 1.72 bits per heavy atom. The molecule has 0 saturated carbocycles. The Balaban J connectivity index is 1.46. The number of thiophene rings is 1. The average Bonchev–Trinajstić information content (AvgIpc) is 3.15. The van der Waals surface area contributed by atoms with Gasteiger partial charge in [-0.1, -0.05) is 69.4 Å². The van der Waals surface area contributed by atoms with Crippen LogP contribution in [0.4, 0.5) is 0 Å². The lowest BCUT2D eigenvalue weighted by Gasteiger charge is -2.03. The Bertz CT molecular complexity index is 917. The summed E-state index contributed by atoms with van der Waals surface area (Å²) in [5.41, 5.74) is 1.03. The summed E-state index contributed by atoms with van der Waals surface area (Å²) >= 11 is 1.57. The highest BCUT2D eigenvalue weighted by atomic mass is 32.1. The van der Waals surface area contributed by atoms with Crippen LogP contribution < -0.4 is 10.4 Å². The summed E-state index contributed by atoms with van der Waals surface area (Å²) in [7, 11) is 0. The standard InChI is InChI=1S/C24H31NO3S/c1-2-3-4-5-6-12-17-27-24-25-22-21(23(26)28-24)18-20(29-22)16-11-10-15-19-13-8-7-9-14-19/h7-9,13-14,18H,2-6,10-12,15-17H2,1H3. The number of benzene rings is 1. The summed E-state index contributed by atoms with van der Waals surface area (Å²) in [5.74, 6) is 0. The number of fused-ring (bicyclic) bond motifs is 1. The first-order valence-electron chi connectivity index (χ1n) is 10.9. The molecule has 0 atom stereocenters. The molecule has 0 radical (unpaired) electrons. The van der Waals surface area contributed by atoms with Crippen LogP contribution in [0.3, 0.4) is 0 Å². The largest absolute Gasteiger partial charge is 0.450 e. The number of nitrogens with zero attached hydrogens (tertiary/aromatic N) is 1. The molecule has 0 aliphatic carbocycles. The summed E-state index contributed by atoms with van der Waals surface area (Å²) in [5, 5.41) is 0.569. The van der Waals surface area contributed by atoms with E-state index in [9.17, 15) is 4.79 Å². The zero-order valence-corrected chi connectivity index (χ0v) is 18.1. The molecular formula is C24H31NO3S. The van der Waals surface area contributed by atoms with Gasteiger partial charge in [0, 0.05) is 4.88 Å². The molecule has 0 spiro atoms. The van der Waals surface area contributed by atoms with E-state index in [1.807, 2.05) is 12.1 Å². The predicted octanol–water partition coefficient (Wildman–Crippen LogP) is 6.55. The molecule has 0 aliphatic rings. The minimum atomic E-state index is -0.347. The quantitative estimate of drug-likeness (QED) is 0.298. The van der Waals surface area contributed by atoms with Crippen molar-refractivity contribution >= 4 is 21.6 Å². The van der Waals surface area contributed by atoms with Crippen LogP contribution in [0.15, 0.2) is 45.6 Å². The highest BCUT2D eigenvalue weighted by Gasteiger charge is 2.11. The van der Waals surface area contributed by atoms with Crippen LogP contribution in [0.25, 0.3) is 10.2 Å². The lowest BCUT2D eigenvalue weighted by atomic mass is 10.1. The van der Waals surface area contributed by atoms with Crippen molar-refractivity contribution in [3.63, 3.8) is 0 Å². The van der Waals surface area contributed by atoms with Gasteiger partial charge in [-0.3, -0.25) is 0 Å². The van der Waals surface area contributed by atoms with E-state index in [1.165, 1.54) is 36.1 Å². The van der Waals surface area contributed by atoms with Crippen molar-refractivity contribution < 1.29 is 9.15 Å². The zero-order valence-electron chi connectivity index (χ0n) is 17.3. The zero-order chi connectivity index (χ0) is 20.3. The molecule has 5 heteroatoms. The van der Waals surface area contributed by atoms with Crippen molar-refractivity contribution in [3.05, 3.63) is 57.3 Å². The molecule has 0 fully saturated rings. The van der Waals surface area contributed by atoms with Crippen LogP contribution in [-0.4, -0.2) is 11.6 Å². The molecule has 1 aromatic carbocycles. The number of aryl methyl sites for hydroxylation is 2. The highest BCUT2D eigenvalue weighted by Crippen LogP contribution is 2.25. The van der Waals surface area contributed by atoms with E-state index in [0.29, 0.717) is 12.0 Å². The van der Waals surface area contributed by atoms with E-state index in [1.54, 1.807) is 11.3 Å². The fourth-order valence-electron chi connectivity index (χ4n) is 3.40. The topological polar surface area (TPSA) is 52.3 Å². The van der Waals surface area contributed by atoms with Gasteiger partial charge in [-0.25, -0.2) is 4.79 Å². The second-order valence-electron chi connectivity index (χ2n) is 7.51. The Kier molecular flexibility index (Phi) is 8.75. The molecule has 29 heavy (non-hydrogen) atoms. The maximum Gasteiger partial charge on any atom is 0.397 e. The molecule has 156 valence electrons. The smallest absolute Gasteiger partial charge is 0.397 e. The van der Waals surface area contributed by atoms with Gasteiger partial charge in [0.1, 0.15) is 4.83 Å². The summed E-state index contributed by atoms with van der Waals surface area (Å²) < 4.78 is 10.8. The van der Waals surface area contributed by atoms with Gasteiger partial charge in [-0.2, -0.15) is 4.98 Å². The number of aromatic nitrogens is 1. The SMILES string of the molecule is CCCCCCCCOc1nc2sc(CCCCc3ccccc3)cc2c(=O)o1. The van der Waals surface area contributed by atoms with Gasteiger partial charge < -0.3 is 9.15 Å². The normalized spacial score (nSPS) is 11.2. The third-order valence-corrected chi connectivity index (χ3v) is 6.15. The van der Waals surface area contributed by atoms with Gasteiger partial charge in [0.25, 0.3) is 0 Å². The van der Waals surface area contributed by atoms with Gasteiger partial charge in [-0.05, 0) is 43.7 Å². The van der Waals surface area contributed by atoms with Crippen molar-refractivity contribution in [2.24, 2.45) is 0 Å². The van der Waals surface area contributed by atoms with E-state index < -0.39 is 0 Å². The lowest BCUT2D eigenvalue weighted by Crippen LogP contribution is -2.05. The van der Waals surface area contributed by atoms with Crippen molar-refractivity contribution in [2.45, 2.75) is 71.1 Å². The Morgan fingerprint density at radius 3 is 2.55 bits per heavy atom. The van der Waals surface area contributed by atoms with Gasteiger partial charge >= 0.3 is 11.7 Å².